The maximum Gasteiger partial charge on any atom is 0.227 e. The lowest BCUT2D eigenvalue weighted by Gasteiger charge is -2.32. The van der Waals surface area contributed by atoms with Crippen molar-refractivity contribution in [2.45, 2.75) is 12.8 Å². The van der Waals surface area contributed by atoms with Crippen LogP contribution in [0, 0.1) is 5.92 Å². The van der Waals surface area contributed by atoms with Crippen molar-refractivity contribution in [3.8, 4) is 5.69 Å². The molecule has 5 nitrogen and oxygen atoms in total. The summed E-state index contributed by atoms with van der Waals surface area (Å²) in [6, 6.07) is 15.3. The minimum absolute atomic E-state index is 0.0241. The number of pyridine rings is 1. The van der Waals surface area contributed by atoms with E-state index in [1.807, 2.05) is 53.5 Å². The molecule has 0 atom stereocenters. The van der Waals surface area contributed by atoms with E-state index in [9.17, 15) is 4.79 Å². The predicted molar refractivity (Wildman–Crippen MR) is 109 cm³/mol. The third-order valence-electron chi connectivity index (χ3n) is 4.94. The highest BCUT2D eigenvalue weighted by Gasteiger charge is 2.25. The Hall–Kier alpha value is -2.79. The van der Waals surface area contributed by atoms with Crippen molar-refractivity contribution in [2.75, 3.05) is 23.3 Å². The zero-order valence-electron chi connectivity index (χ0n) is 14.9. The monoisotopic (exact) mass is 380 g/mol. The number of nitrogens with zero attached hydrogens (tertiary/aromatic N) is 3. The Morgan fingerprint density at radius 2 is 1.74 bits per heavy atom. The highest BCUT2D eigenvalue weighted by molar-refractivity contribution is 6.30. The van der Waals surface area contributed by atoms with Crippen molar-refractivity contribution in [3.63, 3.8) is 0 Å². The fraction of sp³-hybridized carbons (Fsp3) is 0.238. The van der Waals surface area contributed by atoms with E-state index >= 15 is 0 Å². The fourth-order valence-electron chi connectivity index (χ4n) is 3.37. The highest BCUT2D eigenvalue weighted by Crippen LogP contribution is 2.24. The molecule has 0 spiro atoms. The lowest BCUT2D eigenvalue weighted by molar-refractivity contribution is -0.120. The third kappa shape index (κ3) is 4.14. The first-order chi connectivity index (χ1) is 13.2. The zero-order chi connectivity index (χ0) is 18.6. The summed E-state index contributed by atoms with van der Waals surface area (Å²) in [6.07, 6.45) is 7.53. The van der Waals surface area contributed by atoms with Gasteiger partial charge in [-0.1, -0.05) is 11.6 Å². The van der Waals surface area contributed by atoms with Crippen molar-refractivity contribution in [1.82, 2.24) is 9.55 Å². The van der Waals surface area contributed by atoms with E-state index in [2.05, 4.69) is 21.3 Å². The van der Waals surface area contributed by atoms with Crippen LogP contribution in [-0.4, -0.2) is 28.5 Å². The van der Waals surface area contributed by atoms with Gasteiger partial charge in [-0.2, -0.15) is 0 Å². The molecule has 0 aliphatic carbocycles. The van der Waals surface area contributed by atoms with Gasteiger partial charge in [0.05, 0.1) is 11.9 Å². The van der Waals surface area contributed by atoms with Crippen LogP contribution in [0.25, 0.3) is 5.69 Å². The van der Waals surface area contributed by atoms with E-state index in [4.69, 9.17) is 11.6 Å². The lowest BCUT2D eigenvalue weighted by Crippen LogP contribution is -2.38. The number of halogens is 1. The van der Waals surface area contributed by atoms with Gasteiger partial charge < -0.3 is 14.8 Å². The summed E-state index contributed by atoms with van der Waals surface area (Å²) < 4.78 is 2.03. The average Bonchev–Trinajstić information content (AvgIpc) is 3.25. The van der Waals surface area contributed by atoms with Crippen LogP contribution in [0.3, 0.4) is 0 Å². The van der Waals surface area contributed by atoms with Crippen LogP contribution in [0.15, 0.2) is 67.1 Å². The van der Waals surface area contributed by atoms with Crippen LogP contribution in [0.2, 0.25) is 5.02 Å². The smallest absolute Gasteiger partial charge is 0.227 e. The largest absolute Gasteiger partial charge is 0.357 e. The van der Waals surface area contributed by atoms with Gasteiger partial charge in [0.1, 0.15) is 5.82 Å². The molecule has 1 amide bonds. The molecule has 1 aliphatic rings. The number of carbonyl (C=O) groups excluding carboxylic acids is 1. The summed E-state index contributed by atoms with van der Waals surface area (Å²) in [5, 5.41) is 3.65. The highest BCUT2D eigenvalue weighted by atomic mass is 35.5. The van der Waals surface area contributed by atoms with Gasteiger partial charge in [0.25, 0.3) is 0 Å². The summed E-state index contributed by atoms with van der Waals surface area (Å²) in [6.45, 7) is 1.66. The number of piperidine rings is 1. The van der Waals surface area contributed by atoms with Gasteiger partial charge in [-0.15, -0.1) is 0 Å². The quantitative estimate of drug-likeness (QED) is 0.730. The first-order valence-corrected chi connectivity index (χ1v) is 9.47. The maximum absolute atomic E-state index is 12.5. The van der Waals surface area contributed by atoms with Gasteiger partial charge in [0, 0.05) is 42.1 Å². The average molecular weight is 381 g/mol. The van der Waals surface area contributed by atoms with Crippen LogP contribution in [0.5, 0.6) is 0 Å². The number of hydrogen-bond acceptors (Lipinski definition) is 3. The molecule has 1 aliphatic heterocycles. The zero-order valence-corrected chi connectivity index (χ0v) is 15.6. The second-order valence-corrected chi connectivity index (χ2v) is 7.16. The number of hydrogen-bond donors (Lipinski definition) is 1. The van der Waals surface area contributed by atoms with E-state index < -0.39 is 0 Å². The van der Waals surface area contributed by atoms with E-state index in [1.54, 1.807) is 12.1 Å². The van der Waals surface area contributed by atoms with Crippen LogP contribution < -0.4 is 10.2 Å². The molecule has 27 heavy (non-hydrogen) atoms. The van der Waals surface area contributed by atoms with Crippen molar-refractivity contribution in [3.05, 3.63) is 72.1 Å². The minimum Gasteiger partial charge on any atom is -0.357 e. The minimum atomic E-state index is 0.0241. The maximum atomic E-state index is 12.5. The molecular weight excluding hydrogens is 360 g/mol. The Kier molecular flexibility index (Phi) is 5.12. The molecule has 2 aromatic heterocycles. The Balaban J connectivity index is 1.33. The Morgan fingerprint density at radius 3 is 2.37 bits per heavy atom. The molecule has 1 fully saturated rings. The summed E-state index contributed by atoms with van der Waals surface area (Å²) in [4.78, 5) is 19.3. The first-order valence-electron chi connectivity index (χ1n) is 9.10. The normalized spacial score (nSPS) is 14.9. The van der Waals surface area contributed by atoms with Gasteiger partial charge in [-0.3, -0.25) is 4.79 Å². The van der Waals surface area contributed by atoms with E-state index in [-0.39, 0.29) is 11.8 Å². The molecule has 1 saturated heterocycles. The van der Waals surface area contributed by atoms with Crippen molar-refractivity contribution in [2.24, 2.45) is 5.92 Å². The predicted octanol–water partition coefficient (Wildman–Crippen LogP) is 4.38. The van der Waals surface area contributed by atoms with Crippen molar-refractivity contribution < 1.29 is 4.79 Å². The molecule has 0 bridgehead atoms. The number of aromatic nitrogens is 2. The van der Waals surface area contributed by atoms with Gasteiger partial charge in [-0.05, 0) is 61.4 Å². The molecule has 0 unspecified atom stereocenters. The second kappa shape index (κ2) is 7.84. The lowest BCUT2D eigenvalue weighted by atomic mass is 9.96. The Labute approximate surface area is 163 Å². The van der Waals surface area contributed by atoms with Crippen molar-refractivity contribution >= 4 is 29.0 Å². The van der Waals surface area contributed by atoms with Crippen LogP contribution in [-0.2, 0) is 4.79 Å². The molecule has 0 radical (unpaired) electrons. The molecule has 4 rings (SSSR count). The molecular formula is C21H21ClN4O. The molecule has 0 saturated carbocycles. The van der Waals surface area contributed by atoms with Crippen molar-refractivity contribution in [1.29, 1.82) is 0 Å². The van der Waals surface area contributed by atoms with Gasteiger partial charge in [0.2, 0.25) is 5.91 Å². The number of amides is 1. The van der Waals surface area contributed by atoms with Crippen LogP contribution in [0.4, 0.5) is 11.5 Å². The number of carbonyl (C=O) groups is 1. The van der Waals surface area contributed by atoms with Crippen LogP contribution in [0.1, 0.15) is 12.8 Å². The summed E-state index contributed by atoms with van der Waals surface area (Å²) in [7, 11) is 0. The van der Waals surface area contributed by atoms with E-state index in [0.717, 1.165) is 43.1 Å². The number of nitrogens with one attached hydrogen (secondary N) is 1. The van der Waals surface area contributed by atoms with Crippen LogP contribution >= 0.6 is 11.6 Å². The number of rotatable bonds is 4. The first kappa shape index (κ1) is 17.6. The van der Waals surface area contributed by atoms with E-state index in [1.165, 1.54) is 0 Å². The molecule has 6 heteroatoms. The summed E-state index contributed by atoms with van der Waals surface area (Å²) in [5.74, 6) is 1.06. The molecule has 1 N–H and O–H groups in total. The Morgan fingerprint density at radius 1 is 1.04 bits per heavy atom. The second-order valence-electron chi connectivity index (χ2n) is 6.72. The number of anilines is 2. The molecule has 3 aromatic rings. The topological polar surface area (TPSA) is 50.2 Å². The standard InChI is InChI=1S/C21H21ClN4O/c22-17-3-5-18(6-4-17)24-21(27)16-9-13-26(14-10-16)20-8-7-19(15-23-20)25-11-1-2-12-25/h1-8,11-12,15-16H,9-10,13-14H2,(H,24,27). The van der Waals surface area contributed by atoms with Gasteiger partial charge in [0.15, 0.2) is 0 Å². The molecule has 3 heterocycles. The van der Waals surface area contributed by atoms with Gasteiger partial charge >= 0.3 is 0 Å². The SMILES string of the molecule is O=C(Nc1ccc(Cl)cc1)C1CCN(c2ccc(-n3cccc3)cn2)CC1. The fourth-order valence-corrected chi connectivity index (χ4v) is 3.50. The third-order valence-corrected chi connectivity index (χ3v) is 5.19. The van der Waals surface area contributed by atoms with E-state index in [0.29, 0.717) is 5.02 Å². The molecule has 138 valence electrons. The summed E-state index contributed by atoms with van der Waals surface area (Å²) >= 11 is 5.88. The summed E-state index contributed by atoms with van der Waals surface area (Å²) in [5.41, 5.74) is 1.83. The van der Waals surface area contributed by atoms with Gasteiger partial charge in [-0.25, -0.2) is 4.98 Å². The molecule has 1 aromatic carbocycles. The number of benzene rings is 1. The Bertz CT molecular complexity index is 883.